The second kappa shape index (κ2) is 8.51. The zero-order chi connectivity index (χ0) is 16.9. The average Bonchev–Trinajstić information content (AvgIpc) is 2.43. The first kappa shape index (κ1) is 18.9. The molecule has 128 valence electrons. The third-order valence-electron chi connectivity index (χ3n) is 4.36. The van der Waals surface area contributed by atoms with Gasteiger partial charge in [0.25, 0.3) is 0 Å². The second-order valence-electron chi connectivity index (χ2n) is 7.43. The summed E-state index contributed by atoms with van der Waals surface area (Å²) in [6.45, 7) is 11.4. The number of nitrogens with two attached hydrogens (primary N) is 1. The van der Waals surface area contributed by atoms with Gasteiger partial charge in [0.15, 0.2) is 0 Å². The quantitative estimate of drug-likeness (QED) is 0.785. The molecule has 5 heteroatoms. The van der Waals surface area contributed by atoms with Crippen LogP contribution < -0.4 is 11.1 Å². The third-order valence-corrected chi connectivity index (χ3v) is 4.36. The lowest BCUT2D eigenvalue weighted by molar-refractivity contribution is -0.139. The highest BCUT2D eigenvalue weighted by molar-refractivity contribution is 5.88. The lowest BCUT2D eigenvalue weighted by Crippen LogP contribution is -2.54. The summed E-state index contributed by atoms with van der Waals surface area (Å²) in [5.41, 5.74) is 5.99. The van der Waals surface area contributed by atoms with Crippen LogP contribution in [0.25, 0.3) is 0 Å². The van der Waals surface area contributed by atoms with Crippen molar-refractivity contribution in [1.82, 2.24) is 10.2 Å². The molecule has 3 atom stereocenters. The molecule has 3 unspecified atom stereocenters. The molecule has 1 saturated heterocycles. The first-order valence-corrected chi connectivity index (χ1v) is 8.56. The minimum Gasteiger partial charge on any atom is -0.344 e. The Balaban J connectivity index is 2.70. The molecule has 0 radical (unpaired) electrons. The number of nitrogens with zero attached hydrogens (tertiary/aromatic N) is 1. The minimum absolute atomic E-state index is 0.0391. The van der Waals surface area contributed by atoms with Gasteiger partial charge in [-0.25, -0.2) is 0 Å². The van der Waals surface area contributed by atoms with Crippen molar-refractivity contribution in [2.45, 2.75) is 66.0 Å². The van der Waals surface area contributed by atoms with E-state index >= 15 is 0 Å². The molecule has 2 amide bonds. The van der Waals surface area contributed by atoms with E-state index in [0.29, 0.717) is 24.8 Å². The molecular weight excluding hydrogens is 278 g/mol. The number of nitrogens with one attached hydrogen (secondary N) is 1. The van der Waals surface area contributed by atoms with Crippen molar-refractivity contribution in [3.63, 3.8) is 0 Å². The van der Waals surface area contributed by atoms with E-state index < -0.39 is 6.04 Å². The van der Waals surface area contributed by atoms with Gasteiger partial charge in [-0.1, -0.05) is 27.7 Å². The number of hydrogen-bond donors (Lipinski definition) is 2. The predicted octanol–water partition coefficient (Wildman–Crippen LogP) is 1.76. The van der Waals surface area contributed by atoms with E-state index in [-0.39, 0.29) is 23.8 Å². The molecule has 1 heterocycles. The molecule has 1 rings (SSSR count). The van der Waals surface area contributed by atoms with Gasteiger partial charge in [0.2, 0.25) is 11.8 Å². The summed E-state index contributed by atoms with van der Waals surface area (Å²) in [6.07, 6.45) is 2.52. The number of piperidine rings is 1. The lowest BCUT2D eigenvalue weighted by atomic mass is 9.91. The number of likely N-dealkylation sites (tertiary alicyclic amines) is 1. The van der Waals surface area contributed by atoms with Crippen molar-refractivity contribution in [2.24, 2.45) is 23.5 Å². The Morgan fingerprint density at radius 1 is 1.23 bits per heavy atom. The van der Waals surface area contributed by atoms with Crippen LogP contribution in [0, 0.1) is 17.8 Å². The van der Waals surface area contributed by atoms with Crippen LogP contribution in [-0.2, 0) is 9.59 Å². The minimum atomic E-state index is -0.432. The van der Waals surface area contributed by atoms with E-state index in [2.05, 4.69) is 5.32 Å². The number of amides is 2. The summed E-state index contributed by atoms with van der Waals surface area (Å²) in [7, 11) is 0. The SMILES string of the molecule is CC(C)CC(=O)NC(C(=O)N1CCCC(C(C)N)C1)C(C)C. The Labute approximate surface area is 135 Å². The van der Waals surface area contributed by atoms with Crippen LogP contribution in [0.5, 0.6) is 0 Å². The van der Waals surface area contributed by atoms with Crippen molar-refractivity contribution in [1.29, 1.82) is 0 Å². The van der Waals surface area contributed by atoms with Crippen LogP contribution in [0.15, 0.2) is 0 Å². The smallest absolute Gasteiger partial charge is 0.245 e. The monoisotopic (exact) mass is 311 g/mol. The molecule has 0 saturated carbocycles. The molecule has 0 aromatic rings. The molecule has 1 aliphatic heterocycles. The molecule has 0 aromatic heterocycles. The van der Waals surface area contributed by atoms with E-state index in [0.717, 1.165) is 19.4 Å². The summed E-state index contributed by atoms with van der Waals surface area (Å²) < 4.78 is 0. The fraction of sp³-hybridized carbons (Fsp3) is 0.882. The topological polar surface area (TPSA) is 75.4 Å². The standard InChI is InChI=1S/C17H33N3O2/c1-11(2)9-15(21)19-16(12(3)4)17(22)20-8-6-7-14(10-20)13(5)18/h11-14,16H,6-10,18H2,1-5H3,(H,19,21). The Morgan fingerprint density at radius 3 is 2.36 bits per heavy atom. The van der Waals surface area contributed by atoms with Gasteiger partial charge in [-0.15, -0.1) is 0 Å². The highest BCUT2D eigenvalue weighted by Crippen LogP contribution is 2.20. The van der Waals surface area contributed by atoms with Gasteiger partial charge in [-0.05, 0) is 37.5 Å². The Morgan fingerprint density at radius 2 is 1.86 bits per heavy atom. The zero-order valence-electron chi connectivity index (χ0n) is 14.8. The maximum atomic E-state index is 12.8. The van der Waals surface area contributed by atoms with Gasteiger partial charge in [0, 0.05) is 25.6 Å². The Hall–Kier alpha value is -1.10. The van der Waals surface area contributed by atoms with Gasteiger partial charge in [0.1, 0.15) is 6.04 Å². The first-order valence-electron chi connectivity index (χ1n) is 8.56. The fourth-order valence-electron chi connectivity index (χ4n) is 2.95. The van der Waals surface area contributed by atoms with Crippen LogP contribution in [0.2, 0.25) is 0 Å². The zero-order valence-corrected chi connectivity index (χ0v) is 14.8. The molecule has 1 fully saturated rings. The molecule has 22 heavy (non-hydrogen) atoms. The summed E-state index contributed by atoms with van der Waals surface area (Å²) in [5, 5.41) is 2.93. The molecule has 0 aliphatic carbocycles. The van der Waals surface area contributed by atoms with Crippen LogP contribution in [0.3, 0.4) is 0 Å². The van der Waals surface area contributed by atoms with Crippen molar-refractivity contribution < 1.29 is 9.59 Å². The van der Waals surface area contributed by atoms with Gasteiger partial charge in [0.05, 0.1) is 0 Å². The van der Waals surface area contributed by atoms with Crippen molar-refractivity contribution in [3.05, 3.63) is 0 Å². The summed E-state index contributed by atoms with van der Waals surface area (Å²) in [6, 6.07) is -0.332. The molecular formula is C17H33N3O2. The Bertz CT molecular complexity index is 380. The fourth-order valence-corrected chi connectivity index (χ4v) is 2.95. The van der Waals surface area contributed by atoms with Gasteiger partial charge >= 0.3 is 0 Å². The Kier molecular flexibility index (Phi) is 7.33. The third kappa shape index (κ3) is 5.59. The van der Waals surface area contributed by atoms with E-state index in [1.54, 1.807) is 0 Å². The molecule has 5 nitrogen and oxygen atoms in total. The maximum Gasteiger partial charge on any atom is 0.245 e. The van der Waals surface area contributed by atoms with Crippen LogP contribution >= 0.6 is 0 Å². The van der Waals surface area contributed by atoms with Crippen LogP contribution in [0.4, 0.5) is 0 Å². The number of carbonyl (C=O) groups excluding carboxylic acids is 2. The molecule has 0 bridgehead atoms. The number of rotatable bonds is 6. The van der Waals surface area contributed by atoms with Crippen LogP contribution in [0.1, 0.15) is 53.9 Å². The summed E-state index contributed by atoms with van der Waals surface area (Å²) in [5.74, 6) is 0.733. The van der Waals surface area contributed by atoms with Gasteiger partial charge < -0.3 is 16.0 Å². The first-order chi connectivity index (χ1) is 10.2. The number of hydrogen-bond acceptors (Lipinski definition) is 3. The highest BCUT2D eigenvalue weighted by Gasteiger charge is 2.32. The maximum absolute atomic E-state index is 12.8. The van der Waals surface area contributed by atoms with Crippen molar-refractivity contribution in [2.75, 3.05) is 13.1 Å². The van der Waals surface area contributed by atoms with E-state index in [9.17, 15) is 9.59 Å². The van der Waals surface area contributed by atoms with Gasteiger partial charge in [-0.2, -0.15) is 0 Å². The van der Waals surface area contributed by atoms with E-state index in [1.807, 2.05) is 39.5 Å². The highest BCUT2D eigenvalue weighted by atomic mass is 16.2. The van der Waals surface area contributed by atoms with E-state index in [4.69, 9.17) is 5.73 Å². The summed E-state index contributed by atoms with van der Waals surface area (Å²) in [4.78, 5) is 26.7. The summed E-state index contributed by atoms with van der Waals surface area (Å²) >= 11 is 0. The lowest BCUT2D eigenvalue weighted by Gasteiger charge is -2.37. The van der Waals surface area contributed by atoms with Crippen LogP contribution in [-0.4, -0.2) is 41.9 Å². The van der Waals surface area contributed by atoms with Gasteiger partial charge in [-0.3, -0.25) is 9.59 Å². The molecule has 0 spiro atoms. The van der Waals surface area contributed by atoms with Crippen molar-refractivity contribution in [3.8, 4) is 0 Å². The molecule has 1 aliphatic rings. The molecule has 0 aromatic carbocycles. The number of carbonyl (C=O) groups is 2. The normalized spacial score (nSPS) is 21.8. The van der Waals surface area contributed by atoms with E-state index in [1.165, 1.54) is 0 Å². The predicted molar refractivity (Wildman–Crippen MR) is 89.2 cm³/mol. The largest absolute Gasteiger partial charge is 0.344 e. The van der Waals surface area contributed by atoms with Crippen molar-refractivity contribution >= 4 is 11.8 Å². The average molecular weight is 311 g/mol. The second-order valence-corrected chi connectivity index (χ2v) is 7.43. The molecule has 3 N–H and O–H groups in total.